The molecule has 1 saturated heterocycles. The molecule has 0 aliphatic carbocycles. The second-order valence-corrected chi connectivity index (χ2v) is 6.16. The molecule has 1 amide bonds. The van der Waals surface area contributed by atoms with Gasteiger partial charge in [-0.25, -0.2) is 0 Å². The zero-order valence-corrected chi connectivity index (χ0v) is 14.1. The van der Waals surface area contributed by atoms with Crippen molar-refractivity contribution in [1.29, 1.82) is 0 Å². The van der Waals surface area contributed by atoms with E-state index in [0.29, 0.717) is 44.5 Å². The average Bonchev–Trinajstić information content (AvgIpc) is 3.26. The highest BCUT2D eigenvalue weighted by Gasteiger charge is 2.32. The molecule has 0 saturated carbocycles. The minimum atomic E-state index is -0.302. The smallest absolute Gasteiger partial charge is 0.241 e. The topological polar surface area (TPSA) is 73.4 Å². The van der Waals surface area contributed by atoms with Crippen molar-refractivity contribution in [1.82, 2.24) is 19.7 Å². The summed E-state index contributed by atoms with van der Waals surface area (Å²) < 4.78 is 13.1. The van der Waals surface area contributed by atoms with Crippen LogP contribution in [0.5, 0.6) is 0 Å². The van der Waals surface area contributed by atoms with Gasteiger partial charge in [0.15, 0.2) is 0 Å². The number of aromatic nitrogens is 3. The van der Waals surface area contributed by atoms with Gasteiger partial charge in [0, 0.05) is 38.1 Å². The lowest BCUT2D eigenvalue weighted by molar-refractivity contribution is -0.141. The summed E-state index contributed by atoms with van der Waals surface area (Å²) in [5.74, 6) is 1.01. The molecular weight excluding hydrogens is 320 g/mol. The molecule has 0 radical (unpaired) electrons. The van der Waals surface area contributed by atoms with Crippen molar-refractivity contribution in [3.05, 3.63) is 48.3 Å². The van der Waals surface area contributed by atoms with Crippen LogP contribution >= 0.6 is 0 Å². The van der Waals surface area contributed by atoms with E-state index in [1.54, 1.807) is 11.8 Å². The van der Waals surface area contributed by atoms with Gasteiger partial charge in [-0.2, -0.15) is 0 Å². The number of benzene rings is 1. The fourth-order valence-electron chi connectivity index (χ4n) is 3.25. The first-order valence-electron chi connectivity index (χ1n) is 8.43. The quantitative estimate of drug-likeness (QED) is 0.729. The highest BCUT2D eigenvalue weighted by atomic mass is 16.5. The number of carbonyl (C=O) groups is 1. The molecule has 130 valence electrons. The van der Waals surface area contributed by atoms with Gasteiger partial charge >= 0.3 is 0 Å². The first-order valence-corrected chi connectivity index (χ1v) is 8.43. The Kier molecular flexibility index (Phi) is 4.23. The highest BCUT2D eigenvalue weighted by Crippen LogP contribution is 2.24. The number of carbonyl (C=O) groups excluding carboxylic acids is 1. The van der Waals surface area contributed by atoms with Gasteiger partial charge in [0.2, 0.25) is 17.7 Å². The Hall–Kier alpha value is -2.67. The first kappa shape index (κ1) is 15.8. The van der Waals surface area contributed by atoms with E-state index in [1.165, 1.54) is 5.39 Å². The molecule has 7 nitrogen and oxygen atoms in total. The van der Waals surface area contributed by atoms with E-state index in [1.807, 2.05) is 18.3 Å². The Bertz CT molecular complexity index is 885. The van der Waals surface area contributed by atoms with Gasteiger partial charge in [-0.1, -0.05) is 18.2 Å². The molecule has 1 aliphatic rings. The lowest BCUT2D eigenvalue weighted by atomic mass is 10.2. The van der Waals surface area contributed by atoms with Crippen molar-refractivity contribution in [2.75, 3.05) is 19.8 Å². The van der Waals surface area contributed by atoms with Crippen LogP contribution in [0, 0.1) is 6.92 Å². The van der Waals surface area contributed by atoms with Crippen LogP contribution in [0.3, 0.4) is 0 Å². The average molecular weight is 340 g/mol. The molecule has 1 aliphatic heterocycles. The number of aryl methyl sites for hydroxylation is 2. The van der Waals surface area contributed by atoms with Crippen LogP contribution in [0.2, 0.25) is 0 Å². The molecule has 2 aromatic heterocycles. The van der Waals surface area contributed by atoms with Crippen molar-refractivity contribution in [3.8, 4) is 0 Å². The van der Waals surface area contributed by atoms with Crippen molar-refractivity contribution in [2.24, 2.45) is 0 Å². The summed E-state index contributed by atoms with van der Waals surface area (Å²) in [6, 6.07) is 9.93. The van der Waals surface area contributed by atoms with Crippen LogP contribution in [0.25, 0.3) is 10.9 Å². The van der Waals surface area contributed by atoms with Crippen LogP contribution in [0.1, 0.15) is 24.2 Å². The lowest BCUT2D eigenvalue weighted by Crippen LogP contribution is -2.43. The molecule has 1 fully saturated rings. The third-order valence-corrected chi connectivity index (χ3v) is 4.52. The van der Waals surface area contributed by atoms with Crippen molar-refractivity contribution >= 4 is 16.8 Å². The maximum atomic E-state index is 12.8. The zero-order valence-electron chi connectivity index (χ0n) is 14.1. The third-order valence-electron chi connectivity index (χ3n) is 4.52. The van der Waals surface area contributed by atoms with E-state index >= 15 is 0 Å². The fourth-order valence-corrected chi connectivity index (χ4v) is 3.25. The predicted octanol–water partition coefficient (Wildman–Crippen LogP) is 2.32. The van der Waals surface area contributed by atoms with Gasteiger partial charge in [-0.3, -0.25) is 4.79 Å². The van der Waals surface area contributed by atoms with Gasteiger partial charge in [0.05, 0.1) is 13.2 Å². The monoisotopic (exact) mass is 340 g/mol. The summed E-state index contributed by atoms with van der Waals surface area (Å²) in [6.45, 7) is 3.84. The molecule has 1 unspecified atom stereocenters. The number of hydrogen-bond acceptors (Lipinski definition) is 5. The van der Waals surface area contributed by atoms with Gasteiger partial charge in [0.1, 0.15) is 6.04 Å². The normalized spacial score (nSPS) is 18.0. The summed E-state index contributed by atoms with van der Waals surface area (Å²) in [6.07, 6.45) is 2.44. The second kappa shape index (κ2) is 6.68. The highest BCUT2D eigenvalue weighted by molar-refractivity contribution is 5.80. The Morgan fingerprint density at radius 2 is 2.16 bits per heavy atom. The van der Waals surface area contributed by atoms with Crippen molar-refractivity contribution in [2.45, 2.75) is 25.9 Å². The molecule has 1 aromatic carbocycles. The molecule has 1 atom stereocenters. The Labute approximate surface area is 145 Å². The number of ether oxygens (including phenoxy) is 1. The molecule has 7 heteroatoms. The number of morpholine rings is 1. The molecule has 3 aromatic rings. The minimum Gasteiger partial charge on any atom is -0.423 e. The number of fused-ring (bicyclic) bond motifs is 1. The number of nitrogens with zero attached hydrogens (tertiary/aromatic N) is 4. The summed E-state index contributed by atoms with van der Waals surface area (Å²) in [7, 11) is 0. The molecular formula is C18H20N4O3. The van der Waals surface area contributed by atoms with Gasteiger partial charge < -0.3 is 18.6 Å². The predicted molar refractivity (Wildman–Crippen MR) is 90.9 cm³/mol. The molecule has 25 heavy (non-hydrogen) atoms. The molecule has 4 rings (SSSR count). The van der Waals surface area contributed by atoms with Gasteiger partial charge in [-0.15, -0.1) is 10.2 Å². The number of hydrogen-bond donors (Lipinski definition) is 0. The maximum Gasteiger partial charge on any atom is 0.241 e. The van der Waals surface area contributed by atoms with Crippen LogP contribution in [0.15, 0.2) is 40.9 Å². The van der Waals surface area contributed by atoms with Crippen LogP contribution in [-0.4, -0.2) is 45.3 Å². The van der Waals surface area contributed by atoms with Gasteiger partial charge in [0.25, 0.3) is 0 Å². The summed E-state index contributed by atoms with van der Waals surface area (Å²) in [5.41, 5.74) is 1.14. The van der Waals surface area contributed by atoms with Crippen molar-refractivity contribution in [3.63, 3.8) is 0 Å². The molecule has 0 bridgehead atoms. The molecule has 3 heterocycles. The molecule has 0 N–H and O–H groups in total. The summed E-state index contributed by atoms with van der Waals surface area (Å²) in [5, 5.41) is 9.10. The Balaban J connectivity index is 1.47. The largest absolute Gasteiger partial charge is 0.423 e. The van der Waals surface area contributed by atoms with E-state index < -0.39 is 0 Å². The minimum absolute atomic E-state index is 0.0712. The standard InChI is InChI=1S/C18H20N4O3/c1-13-19-20-18(25-13)16-12-24-11-10-22(16)17(23)7-9-21-8-6-14-4-2-3-5-15(14)21/h2-6,8,16H,7,9-12H2,1H3. The second-order valence-electron chi connectivity index (χ2n) is 6.16. The first-order chi connectivity index (χ1) is 12.2. The fraction of sp³-hybridized carbons (Fsp3) is 0.389. The third kappa shape index (κ3) is 3.15. The van der Waals surface area contributed by atoms with Crippen LogP contribution in [-0.2, 0) is 16.1 Å². The summed E-state index contributed by atoms with van der Waals surface area (Å²) >= 11 is 0. The lowest BCUT2D eigenvalue weighted by Gasteiger charge is -2.33. The van der Waals surface area contributed by atoms with E-state index in [-0.39, 0.29) is 11.9 Å². The number of para-hydroxylation sites is 1. The molecule has 0 spiro atoms. The Morgan fingerprint density at radius 1 is 1.28 bits per heavy atom. The van der Waals surface area contributed by atoms with E-state index in [0.717, 1.165) is 5.52 Å². The number of rotatable bonds is 4. The maximum absolute atomic E-state index is 12.8. The SMILES string of the molecule is Cc1nnc(C2COCCN2C(=O)CCn2ccc3ccccc32)o1. The van der Waals surface area contributed by atoms with Crippen LogP contribution < -0.4 is 0 Å². The van der Waals surface area contributed by atoms with Crippen LogP contribution in [0.4, 0.5) is 0 Å². The summed E-state index contributed by atoms with van der Waals surface area (Å²) in [4.78, 5) is 14.6. The Morgan fingerprint density at radius 3 is 3.00 bits per heavy atom. The van der Waals surface area contributed by atoms with E-state index in [2.05, 4.69) is 33.0 Å². The zero-order chi connectivity index (χ0) is 17.2. The van der Waals surface area contributed by atoms with Gasteiger partial charge in [-0.05, 0) is 17.5 Å². The van der Waals surface area contributed by atoms with E-state index in [9.17, 15) is 4.79 Å². The van der Waals surface area contributed by atoms with Crippen molar-refractivity contribution < 1.29 is 13.9 Å². The number of amides is 1. The van der Waals surface area contributed by atoms with E-state index in [4.69, 9.17) is 9.15 Å².